The minimum atomic E-state index is 0.621. The van der Waals surface area contributed by atoms with Crippen molar-refractivity contribution < 1.29 is 0 Å². The van der Waals surface area contributed by atoms with Gasteiger partial charge in [0, 0.05) is 18.3 Å². The molecule has 4 rings (SSSR count). The van der Waals surface area contributed by atoms with Gasteiger partial charge in [0.1, 0.15) is 11.6 Å². The van der Waals surface area contributed by atoms with Crippen LogP contribution in [0.15, 0.2) is 89.9 Å². The van der Waals surface area contributed by atoms with Gasteiger partial charge in [-0.15, -0.1) is 0 Å². The Bertz CT molecular complexity index is 1260. The molecule has 0 radical (unpaired) electrons. The van der Waals surface area contributed by atoms with E-state index in [4.69, 9.17) is 4.99 Å². The van der Waals surface area contributed by atoms with Gasteiger partial charge in [-0.05, 0) is 35.6 Å². The highest BCUT2D eigenvalue weighted by molar-refractivity contribution is 5.92. The fourth-order valence-electron chi connectivity index (χ4n) is 4.02. The molecule has 0 N–H and O–H groups in total. The predicted molar refractivity (Wildman–Crippen MR) is 133 cm³/mol. The van der Waals surface area contributed by atoms with Gasteiger partial charge in [0.25, 0.3) is 0 Å². The second kappa shape index (κ2) is 9.94. The standard InChI is InChI=1S/C29H27N3/c1-3-4-19-32-28(24-16-9-6-10-17-24)27(23-14-7-5-8-15-23)26(20-30)29(32)31-21-25-18-12-11-13-22(25)2/h5-18,21H,3-4,19H2,1-2H3. The third kappa shape index (κ3) is 4.26. The number of nitriles is 1. The Morgan fingerprint density at radius 2 is 1.50 bits per heavy atom. The molecule has 1 heterocycles. The van der Waals surface area contributed by atoms with Crippen molar-refractivity contribution >= 4 is 12.0 Å². The van der Waals surface area contributed by atoms with Crippen molar-refractivity contribution in [3.8, 4) is 28.5 Å². The third-order valence-corrected chi connectivity index (χ3v) is 5.71. The summed E-state index contributed by atoms with van der Waals surface area (Å²) in [6, 6.07) is 31.2. The van der Waals surface area contributed by atoms with Crippen LogP contribution in [0.5, 0.6) is 0 Å². The molecule has 158 valence electrons. The van der Waals surface area contributed by atoms with E-state index >= 15 is 0 Å². The van der Waals surface area contributed by atoms with E-state index in [-0.39, 0.29) is 0 Å². The number of hydrogen-bond donors (Lipinski definition) is 0. The zero-order chi connectivity index (χ0) is 22.3. The molecule has 0 unspecified atom stereocenters. The number of nitrogens with zero attached hydrogens (tertiary/aromatic N) is 3. The Kier molecular flexibility index (Phi) is 6.63. The van der Waals surface area contributed by atoms with Crippen molar-refractivity contribution in [3.63, 3.8) is 0 Å². The summed E-state index contributed by atoms with van der Waals surface area (Å²) in [6.07, 6.45) is 3.97. The Morgan fingerprint density at radius 3 is 2.12 bits per heavy atom. The number of benzene rings is 3. The molecule has 3 heteroatoms. The summed E-state index contributed by atoms with van der Waals surface area (Å²) >= 11 is 0. The van der Waals surface area contributed by atoms with Crippen LogP contribution in [0.25, 0.3) is 22.4 Å². The fraction of sp³-hybridized carbons (Fsp3) is 0.172. The normalized spacial score (nSPS) is 11.0. The first kappa shape index (κ1) is 21.3. The van der Waals surface area contributed by atoms with Crippen molar-refractivity contribution in [1.29, 1.82) is 5.26 Å². The Morgan fingerprint density at radius 1 is 0.875 bits per heavy atom. The van der Waals surface area contributed by atoms with Crippen molar-refractivity contribution in [2.45, 2.75) is 33.2 Å². The lowest BCUT2D eigenvalue weighted by Crippen LogP contribution is -2.01. The van der Waals surface area contributed by atoms with Crippen LogP contribution < -0.4 is 0 Å². The first-order chi connectivity index (χ1) is 15.7. The van der Waals surface area contributed by atoms with Crippen LogP contribution in [0.3, 0.4) is 0 Å². The number of hydrogen-bond acceptors (Lipinski definition) is 2. The number of aryl methyl sites for hydroxylation is 1. The Balaban J connectivity index is 2.01. The monoisotopic (exact) mass is 417 g/mol. The summed E-state index contributed by atoms with van der Waals surface area (Å²) in [5.74, 6) is 0.724. The van der Waals surface area contributed by atoms with E-state index in [9.17, 15) is 5.26 Å². The van der Waals surface area contributed by atoms with Crippen LogP contribution in [0.1, 0.15) is 36.5 Å². The van der Waals surface area contributed by atoms with Gasteiger partial charge >= 0.3 is 0 Å². The van der Waals surface area contributed by atoms with Gasteiger partial charge in [0.05, 0.1) is 5.69 Å². The summed E-state index contributed by atoms with van der Waals surface area (Å²) < 4.78 is 2.23. The van der Waals surface area contributed by atoms with Gasteiger partial charge in [0.15, 0.2) is 5.82 Å². The average molecular weight is 418 g/mol. The maximum atomic E-state index is 10.3. The van der Waals surface area contributed by atoms with Gasteiger partial charge in [-0.1, -0.05) is 98.3 Å². The molecule has 0 amide bonds. The third-order valence-electron chi connectivity index (χ3n) is 5.71. The molecule has 0 saturated carbocycles. The highest BCUT2D eigenvalue weighted by Crippen LogP contribution is 2.42. The van der Waals surface area contributed by atoms with Crippen LogP contribution in [0, 0.1) is 18.3 Å². The molecule has 0 aliphatic rings. The lowest BCUT2D eigenvalue weighted by molar-refractivity contribution is 0.642. The van der Waals surface area contributed by atoms with Crippen LogP contribution in [0.2, 0.25) is 0 Å². The van der Waals surface area contributed by atoms with E-state index < -0.39 is 0 Å². The van der Waals surface area contributed by atoms with E-state index in [1.807, 2.05) is 54.7 Å². The van der Waals surface area contributed by atoms with Crippen LogP contribution >= 0.6 is 0 Å². The number of aliphatic imine (C=N–C) groups is 1. The molecule has 0 saturated heterocycles. The second-order valence-corrected chi connectivity index (χ2v) is 7.89. The van der Waals surface area contributed by atoms with Gasteiger partial charge < -0.3 is 4.57 Å². The maximum Gasteiger partial charge on any atom is 0.151 e. The molecule has 3 aromatic carbocycles. The van der Waals surface area contributed by atoms with Crippen LogP contribution in [-0.2, 0) is 6.54 Å². The summed E-state index contributed by atoms with van der Waals surface area (Å²) in [5, 5.41) is 10.3. The molecule has 0 atom stereocenters. The van der Waals surface area contributed by atoms with E-state index in [2.05, 4.69) is 60.9 Å². The maximum absolute atomic E-state index is 10.3. The molecule has 0 aliphatic carbocycles. The SMILES string of the molecule is CCCCn1c(N=Cc2ccccc2C)c(C#N)c(-c2ccccc2)c1-c1ccccc1. The average Bonchev–Trinajstić information content (AvgIpc) is 3.16. The minimum absolute atomic E-state index is 0.621. The topological polar surface area (TPSA) is 41.1 Å². The summed E-state index contributed by atoms with van der Waals surface area (Å²) in [4.78, 5) is 4.91. The zero-order valence-corrected chi connectivity index (χ0v) is 18.6. The highest BCUT2D eigenvalue weighted by atomic mass is 15.1. The fourth-order valence-corrected chi connectivity index (χ4v) is 4.02. The Hall–Kier alpha value is -3.90. The highest BCUT2D eigenvalue weighted by Gasteiger charge is 2.24. The van der Waals surface area contributed by atoms with E-state index in [1.54, 1.807) is 0 Å². The number of unbranched alkanes of at least 4 members (excludes halogenated alkanes) is 1. The zero-order valence-electron chi connectivity index (χ0n) is 18.6. The molecule has 0 spiro atoms. The van der Waals surface area contributed by atoms with E-state index in [1.165, 1.54) is 0 Å². The largest absolute Gasteiger partial charge is 0.324 e. The minimum Gasteiger partial charge on any atom is -0.324 e. The van der Waals surface area contributed by atoms with Crippen LogP contribution in [0.4, 0.5) is 5.82 Å². The molecule has 0 aliphatic heterocycles. The summed E-state index contributed by atoms with van der Waals surface area (Å²) in [7, 11) is 0. The van der Waals surface area contributed by atoms with Crippen LogP contribution in [-0.4, -0.2) is 10.8 Å². The van der Waals surface area contributed by atoms with Crippen molar-refractivity contribution in [3.05, 3.63) is 102 Å². The van der Waals surface area contributed by atoms with Gasteiger partial charge in [-0.2, -0.15) is 5.26 Å². The van der Waals surface area contributed by atoms with Gasteiger partial charge in [0.2, 0.25) is 0 Å². The van der Waals surface area contributed by atoms with Crippen molar-refractivity contribution in [1.82, 2.24) is 4.57 Å². The Labute approximate surface area is 190 Å². The van der Waals surface area contributed by atoms with Crippen molar-refractivity contribution in [2.24, 2.45) is 4.99 Å². The number of aromatic nitrogens is 1. The first-order valence-electron chi connectivity index (χ1n) is 11.1. The molecule has 0 fully saturated rings. The van der Waals surface area contributed by atoms with E-state index in [0.717, 1.165) is 58.7 Å². The van der Waals surface area contributed by atoms with Gasteiger partial charge in [-0.25, -0.2) is 4.99 Å². The predicted octanol–water partition coefficient (Wildman–Crippen LogP) is 7.55. The smallest absolute Gasteiger partial charge is 0.151 e. The van der Waals surface area contributed by atoms with E-state index in [0.29, 0.717) is 5.56 Å². The lowest BCUT2D eigenvalue weighted by atomic mass is 9.98. The molecule has 32 heavy (non-hydrogen) atoms. The second-order valence-electron chi connectivity index (χ2n) is 7.89. The summed E-state index contributed by atoms with van der Waals surface area (Å²) in [6.45, 7) is 5.07. The summed E-state index contributed by atoms with van der Waals surface area (Å²) in [5.41, 5.74) is 6.97. The molecule has 1 aromatic heterocycles. The molecule has 4 aromatic rings. The quantitative estimate of drug-likeness (QED) is 0.286. The van der Waals surface area contributed by atoms with Gasteiger partial charge in [-0.3, -0.25) is 0 Å². The van der Waals surface area contributed by atoms with Crippen molar-refractivity contribution in [2.75, 3.05) is 0 Å². The molecule has 3 nitrogen and oxygen atoms in total. The molecule has 0 bridgehead atoms. The first-order valence-corrected chi connectivity index (χ1v) is 11.1. The molecular weight excluding hydrogens is 390 g/mol. The molecular formula is C29H27N3. The lowest BCUT2D eigenvalue weighted by Gasteiger charge is -2.13. The number of rotatable bonds is 7.